The lowest BCUT2D eigenvalue weighted by Gasteiger charge is -2.19. The van der Waals surface area contributed by atoms with Crippen LogP contribution in [0.1, 0.15) is 66.7 Å². The summed E-state index contributed by atoms with van der Waals surface area (Å²) in [5.41, 5.74) is 4.24. The molecule has 1 aromatic carbocycles. The Hall–Kier alpha value is -2.10. The highest BCUT2D eigenvalue weighted by Gasteiger charge is 2.27. The van der Waals surface area contributed by atoms with Crippen LogP contribution in [0.4, 0.5) is 0 Å². The molecule has 3 heterocycles. The number of benzene rings is 1. The first-order valence-corrected chi connectivity index (χ1v) is 10.2. The van der Waals surface area contributed by atoms with E-state index in [0.29, 0.717) is 5.69 Å². The van der Waals surface area contributed by atoms with Gasteiger partial charge in [-0.2, -0.15) is 0 Å². The Kier molecular flexibility index (Phi) is 5.09. The van der Waals surface area contributed by atoms with Crippen LogP contribution in [0.25, 0.3) is 11.4 Å². The van der Waals surface area contributed by atoms with Gasteiger partial charge >= 0.3 is 0 Å². The molecule has 4 heteroatoms. The van der Waals surface area contributed by atoms with Gasteiger partial charge < -0.3 is 9.47 Å². The van der Waals surface area contributed by atoms with E-state index in [2.05, 4.69) is 35.8 Å². The van der Waals surface area contributed by atoms with Crippen molar-refractivity contribution in [3.05, 3.63) is 41.2 Å². The van der Waals surface area contributed by atoms with Crippen molar-refractivity contribution in [2.24, 2.45) is 0 Å². The summed E-state index contributed by atoms with van der Waals surface area (Å²) < 4.78 is 2.32. The predicted molar refractivity (Wildman–Crippen MR) is 104 cm³/mol. The van der Waals surface area contributed by atoms with Gasteiger partial charge in [0.05, 0.1) is 5.69 Å². The van der Waals surface area contributed by atoms with E-state index in [-0.39, 0.29) is 5.91 Å². The van der Waals surface area contributed by atoms with Gasteiger partial charge in [0.25, 0.3) is 5.91 Å². The minimum atomic E-state index is 0.149. The number of likely N-dealkylation sites (tertiary alicyclic amines) is 1. The first-order chi connectivity index (χ1) is 12.7. The number of hydrogen-bond donors (Lipinski definition) is 0. The molecule has 4 nitrogen and oxygen atoms in total. The summed E-state index contributed by atoms with van der Waals surface area (Å²) in [6, 6.07) is 8.53. The first-order valence-electron chi connectivity index (χ1n) is 10.2. The summed E-state index contributed by atoms with van der Waals surface area (Å²) in [5, 5.41) is 0. The lowest BCUT2D eigenvalue weighted by atomic mass is 10.1. The van der Waals surface area contributed by atoms with Gasteiger partial charge in [-0.1, -0.05) is 49.1 Å². The van der Waals surface area contributed by atoms with Crippen LogP contribution in [0, 0.1) is 6.92 Å². The number of hydrogen-bond acceptors (Lipinski definition) is 2. The number of aromatic nitrogens is 2. The lowest BCUT2D eigenvalue weighted by Crippen LogP contribution is -2.32. The van der Waals surface area contributed by atoms with E-state index in [9.17, 15) is 4.79 Å². The minimum absolute atomic E-state index is 0.149. The summed E-state index contributed by atoms with van der Waals surface area (Å²) in [6.07, 6.45) is 9.22. The number of carbonyl (C=O) groups is 1. The van der Waals surface area contributed by atoms with E-state index >= 15 is 0 Å². The Morgan fingerprint density at radius 1 is 0.885 bits per heavy atom. The number of aryl methyl sites for hydroxylation is 1. The topological polar surface area (TPSA) is 38.1 Å². The number of nitrogens with zero attached hydrogens (tertiary/aromatic N) is 3. The highest BCUT2D eigenvalue weighted by atomic mass is 16.2. The molecule has 4 rings (SSSR count). The monoisotopic (exact) mass is 351 g/mol. The van der Waals surface area contributed by atoms with E-state index in [1.54, 1.807) is 0 Å². The maximum absolute atomic E-state index is 13.3. The second-order valence-corrected chi connectivity index (χ2v) is 7.77. The summed E-state index contributed by atoms with van der Waals surface area (Å²) in [4.78, 5) is 20.2. The van der Waals surface area contributed by atoms with Crippen molar-refractivity contribution in [2.45, 2.75) is 64.8 Å². The quantitative estimate of drug-likeness (QED) is 0.793. The average Bonchev–Trinajstić information content (AvgIpc) is 2.87. The van der Waals surface area contributed by atoms with Gasteiger partial charge in [-0.05, 0) is 39.0 Å². The number of imidazole rings is 1. The molecular weight excluding hydrogens is 322 g/mol. The van der Waals surface area contributed by atoms with Crippen LogP contribution in [0.15, 0.2) is 24.3 Å². The molecule has 0 unspecified atom stereocenters. The Morgan fingerprint density at radius 3 is 2.27 bits per heavy atom. The number of carbonyl (C=O) groups excluding carboxylic acids is 1. The standard InChI is InChI=1S/C22H29N3O/c1-17-10-12-18(13-11-17)21-23-20(19-9-5-4-8-16-25(19)21)22(26)24-14-6-2-3-7-15-24/h10-13H,2-9,14-16H2,1H3. The molecule has 0 spiro atoms. The second kappa shape index (κ2) is 7.65. The zero-order valence-electron chi connectivity index (χ0n) is 15.8. The number of amides is 1. The maximum atomic E-state index is 13.3. The molecule has 0 atom stereocenters. The normalized spacial score (nSPS) is 18.1. The second-order valence-electron chi connectivity index (χ2n) is 7.77. The van der Waals surface area contributed by atoms with Crippen molar-refractivity contribution in [3.8, 4) is 11.4 Å². The summed E-state index contributed by atoms with van der Waals surface area (Å²) >= 11 is 0. The minimum Gasteiger partial charge on any atom is -0.337 e. The van der Waals surface area contributed by atoms with E-state index < -0.39 is 0 Å². The molecule has 0 bridgehead atoms. The molecule has 2 aliphatic rings. The fraction of sp³-hybridized carbons (Fsp3) is 0.545. The van der Waals surface area contributed by atoms with Crippen molar-refractivity contribution < 1.29 is 4.79 Å². The molecule has 1 aromatic heterocycles. The maximum Gasteiger partial charge on any atom is 0.274 e. The molecule has 1 fully saturated rings. The zero-order valence-corrected chi connectivity index (χ0v) is 15.8. The first kappa shape index (κ1) is 17.3. The van der Waals surface area contributed by atoms with E-state index in [1.165, 1.54) is 31.2 Å². The molecule has 0 saturated carbocycles. The third-order valence-corrected chi connectivity index (χ3v) is 5.77. The molecule has 0 aliphatic carbocycles. The number of rotatable bonds is 2. The van der Waals surface area contributed by atoms with Crippen molar-refractivity contribution >= 4 is 5.91 Å². The third kappa shape index (κ3) is 3.42. The van der Waals surface area contributed by atoms with Crippen molar-refractivity contribution in [1.29, 1.82) is 0 Å². The third-order valence-electron chi connectivity index (χ3n) is 5.77. The van der Waals surface area contributed by atoms with Gasteiger partial charge in [0.2, 0.25) is 0 Å². The Balaban J connectivity index is 1.74. The molecule has 1 amide bonds. The SMILES string of the molecule is Cc1ccc(-c2nc(C(=O)N3CCCCCC3)c3n2CCCCC3)cc1. The smallest absolute Gasteiger partial charge is 0.274 e. The summed E-state index contributed by atoms with van der Waals surface area (Å²) in [7, 11) is 0. The van der Waals surface area contributed by atoms with Crippen molar-refractivity contribution in [2.75, 3.05) is 13.1 Å². The Morgan fingerprint density at radius 2 is 1.54 bits per heavy atom. The van der Waals surface area contributed by atoms with Crippen LogP contribution in [0.2, 0.25) is 0 Å². The predicted octanol–water partition coefficient (Wildman–Crippen LogP) is 4.60. The molecule has 2 aliphatic heterocycles. The molecule has 26 heavy (non-hydrogen) atoms. The highest BCUT2D eigenvalue weighted by molar-refractivity contribution is 5.94. The van der Waals surface area contributed by atoms with Gasteiger partial charge in [0.15, 0.2) is 0 Å². The molecule has 1 saturated heterocycles. The summed E-state index contributed by atoms with van der Waals surface area (Å²) in [6.45, 7) is 4.83. The lowest BCUT2D eigenvalue weighted by molar-refractivity contribution is 0.0755. The molecule has 0 radical (unpaired) electrons. The van der Waals surface area contributed by atoms with Crippen molar-refractivity contribution in [3.63, 3.8) is 0 Å². The van der Waals surface area contributed by atoms with Gasteiger partial charge in [0.1, 0.15) is 11.5 Å². The van der Waals surface area contributed by atoms with Crippen LogP contribution < -0.4 is 0 Å². The number of fused-ring (bicyclic) bond motifs is 1. The Labute approximate surface area is 156 Å². The van der Waals surface area contributed by atoms with Gasteiger partial charge in [0, 0.05) is 25.2 Å². The molecular formula is C22H29N3O. The van der Waals surface area contributed by atoms with Crippen LogP contribution in [-0.4, -0.2) is 33.4 Å². The van der Waals surface area contributed by atoms with Crippen LogP contribution >= 0.6 is 0 Å². The molecule has 0 N–H and O–H groups in total. The van der Waals surface area contributed by atoms with E-state index in [1.807, 2.05) is 4.90 Å². The van der Waals surface area contributed by atoms with E-state index in [4.69, 9.17) is 4.98 Å². The molecule has 2 aromatic rings. The molecule has 138 valence electrons. The van der Waals surface area contributed by atoms with Crippen LogP contribution in [0.3, 0.4) is 0 Å². The zero-order chi connectivity index (χ0) is 17.9. The van der Waals surface area contributed by atoms with Gasteiger partial charge in [-0.25, -0.2) is 4.98 Å². The van der Waals surface area contributed by atoms with Crippen LogP contribution in [-0.2, 0) is 13.0 Å². The van der Waals surface area contributed by atoms with Crippen molar-refractivity contribution in [1.82, 2.24) is 14.5 Å². The Bertz CT molecular complexity index is 767. The van der Waals surface area contributed by atoms with Crippen LogP contribution in [0.5, 0.6) is 0 Å². The fourth-order valence-corrected chi connectivity index (χ4v) is 4.24. The van der Waals surface area contributed by atoms with Gasteiger partial charge in [-0.3, -0.25) is 4.79 Å². The summed E-state index contributed by atoms with van der Waals surface area (Å²) in [5.74, 6) is 1.12. The highest BCUT2D eigenvalue weighted by Crippen LogP contribution is 2.28. The average molecular weight is 351 g/mol. The van der Waals surface area contributed by atoms with Gasteiger partial charge in [-0.15, -0.1) is 0 Å². The largest absolute Gasteiger partial charge is 0.337 e. The van der Waals surface area contributed by atoms with E-state index in [0.717, 1.165) is 62.4 Å². The fourth-order valence-electron chi connectivity index (χ4n) is 4.24.